The van der Waals surface area contributed by atoms with E-state index >= 15 is 0 Å². The van der Waals surface area contributed by atoms with Crippen molar-refractivity contribution in [2.75, 3.05) is 0 Å². The Morgan fingerprint density at radius 2 is 2.04 bits per heavy atom. The molecule has 0 spiro atoms. The zero-order valence-electron chi connectivity index (χ0n) is 13.8. The van der Waals surface area contributed by atoms with Gasteiger partial charge in [-0.1, -0.05) is 36.4 Å². The molecule has 3 aromatic rings. The highest BCUT2D eigenvalue weighted by Crippen LogP contribution is 2.27. The van der Waals surface area contributed by atoms with Crippen molar-refractivity contribution in [2.24, 2.45) is 5.10 Å². The lowest BCUT2D eigenvalue weighted by Crippen LogP contribution is -2.24. The Hall–Kier alpha value is -4.15. The summed E-state index contributed by atoms with van der Waals surface area (Å²) in [6.07, 6.45) is 1.10. The van der Waals surface area contributed by atoms with Crippen molar-refractivity contribution in [3.63, 3.8) is 0 Å². The molecule has 0 aliphatic heterocycles. The van der Waals surface area contributed by atoms with Crippen molar-refractivity contribution in [3.05, 3.63) is 64.2 Å². The molecular weight excluding hydrogens is 354 g/mol. The molecule has 1 amide bonds. The van der Waals surface area contributed by atoms with Crippen molar-refractivity contribution in [1.82, 2.24) is 25.6 Å². The third kappa shape index (κ3) is 4.28. The fourth-order valence-corrected chi connectivity index (χ4v) is 2.15. The number of carbonyl (C=O) groups excluding carboxylic acids is 1. The molecule has 3 rings (SSSR count). The van der Waals surface area contributed by atoms with Crippen LogP contribution in [-0.4, -0.2) is 42.4 Å². The Bertz CT molecular complexity index is 1000. The lowest BCUT2D eigenvalue weighted by molar-refractivity contribution is -0.385. The first kappa shape index (κ1) is 17.7. The van der Waals surface area contributed by atoms with Gasteiger partial charge in [0.05, 0.1) is 11.1 Å². The number of tetrazole rings is 1. The lowest BCUT2D eigenvalue weighted by Gasteiger charge is -2.00. The van der Waals surface area contributed by atoms with Gasteiger partial charge in [0, 0.05) is 17.2 Å². The standard InChI is InChI=1S/C16H13N7O4/c24-14(10-22-20-16(19-21-22)11-5-2-1-3-6-11)18-17-9-12-7-4-8-13(15(12)25)23(26)27/h1-9,25H,10H2,(H,18,24)/b17-9+. The molecular formula is C16H13N7O4. The van der Waals surface area contributed by atoms with Crippen LogP contribution in [0.15, 0.2) is 53.6 Å². The third-order valence-corrected chi connectivity index (χ3v) is 3.41. The normalized spacial score (nSPS) is 10.8. The van der Waals surface area contributed by atoms with Crippen LogP contribution in [0.3, 0.4) is 0 Å². The van der Waals surface area contributed by atoms with E-state index in [4.69, 9.17) is 0 Å². The Balaban J connectivity index is 1.61. The first-order chi connectivity index (χ1) is 13.0. The summed E-state index contributed by atoms with van der Waals surface area (Å²) in [6, 6.07) is 13.1. The minimum atomic E-state index is -0.716. The number of rotatable bonds is 6. The van der Waals surface area contributed by atoms with Gasteiger partial charge in [0.15, 0.2) is 0 Å². The van der Waals surface area contributed by atoms with Crippen LogP contribution in [-0.2, 0) is 11.3 Å². The van der Waals surface area contributed by atoms with Gasteiger partial charge < -0.3 is 5.11 Å². The van der Waals surface area contributed by atoms with Gasteiger partial charge in [-0.3, -0.25) is 14.9 Å². The van der Waals surface area contributed by atoms with Gasteiger partial charge in [-0.25, -0.2) is 5.43 Å². The summed E-state index contributed by atoms with van der Waals surface area (Å²) < 4.78 is 0. The summed E-state index contributed by atoms with van der Waals surface area (Å²) in [5.41, 5.74) is 2.63. The largest absolute Gasteiger partial charge is 0.502 e. The number of benzene rings is 2. The predicted octanol–water partition coefficient (Wildman–Crippen LogP) is 1.10. The Morgan fingerprint density at radius 3 is 2.78 bits per heavy atom. The van der Waals surface area contributed by atoms with E-state index in [-0.39, 0.29) is 12.1 Å². The van der Waals surface area contributed by atoms with Crippen LogP contribution in [0.1, 0.15) is 5.56 Å². The molecule has 0 radical (unpaired) electrons. The van der Waals surface area contributed by atoms with Gasteiger partial charge in [0.2, 0.25) is 11.6 Å². The van der Waals surface area contributed by atoms with Crippen LogP contribution in [0.25, 0.3) is 11.4 Å². The number of aromatic nitrogens is 4. The molecule has 0 aliphatic rings. The number of nitrogens with one attached hydrogen (secondary N) is 1. The predicted molar refractivity (Wildman–Crippen MR) is 93.8 cm³/mol. The van der Waals surface area contributed by atoms with E-state index in [0.717, 1.165) is 22.6 Å². The molecule has 0 saturated heterocycles. The summed E-state index contributed by atoms with van der Waals surface area (Å²) in [5, 5.41) is 36.0. The number of nitrogens with zero attached hydrogens (tertiary/aromatic N) is 6. The fraction of sp³-hybridized carbons (Fsp3) is 0.0625. The fourth-order valence-electron chi connectivity index (χ4n) is 2.15. The van der Waals surface area contributed by atoms with Gasteiger partial charge >= 0.3 is 5.69 Å². The monoisotopic (exact) mass is 367 g/mol. The van der Waals surface area contributed by atoms with E-state index in [2.05, 4.69) is 25.9 Å². The number of hydrogen-bond acceptors (Lipinski definition) is 8. The van der Waals surface area contributed by atoms with Crippen molar-refractivity contribution >= 4 is 17.8 Å². The molecule has 1 heterocycles. The third-order valence-electron chi connectivity index (χ3n) is 3.41. The molecule has 0 fully saturated rings. The average Bonchev–Trinajstić information content (AvgIpc) is 3.12. The lowest BCUT2D eigenvalue weighted by atomic mass is 10.2. The van der Waals surface area contributed by atoms with Gasteiger partial charge in [-0.15, -0.1) is 10.2 Å². The first-order valence-electron chi connectivity index (χ1n) is 7.66. The molecule has 0 unspecified atom stereocenters. The molecule has 11 heteroatoms. The summed E-state index contributed by atoms with van der Waals surface area (Å²) in [4.78, 5) is 23.0. The zero-order valence-corrected chi connectivity index (χ0v) is 13.8. The highest BCUT2D eigenvalue weighted by Gasteiger charge is 2.15. The van der Waals surface area contributed by atoms with Crippen LogP contribution in [0.5, 0.6) is 5.75 Å². The summed E-state index contributed by atoms with van der Waals surface area (Å²) in [6.45, 7) is -0.224. The number of nitro groups is 1. The first-order valence-corrected chi connectivity index (χ1v) is 7.66. The van der Waals surface area contributed by atoms with Crippen LogP contribution in [0.2, 0.25) is 0 Å². The smallest absolute Gasteiger partial charge is 0.311 e. The minimum Gasteiger partial charge on any atom is -0.502 e. The van der Waals surface area contributed by atoms with Gasteiger partial charge in [0.25, 0.3) is 5.91 Å². The second kappa shape index (κ2) is 7.82. The van der Waals surface area contributed by atoms with E-state index in [1.165, 1.54) is 12.1 Å². The van der Waals surface area contributed by atoms with E-state index in [9.17, 15) is 20.0 Å². The number of nitro benzene ring substituents is 1. The Labute approximate surface area is 152 Å². The Kier molecular flexibility index (Phi) is 5.12. The molecule has 0 aliphatic carbocycles. The van der Waals surface area contributed by atoms with Crippen molar-refractivity contribution < 1.29 is 14.8 Å². The van der Waals surface area contributed by atoms with E-state index in [1.54, 1.807) is 0 Å². The van der Waals surface area contributed by atoms with E-state index in [1.807, 2.05) is 30.3 Å². The van der Waals surface area contributed by atoms with Gasteiger partial charge in [-0.05, 0) is 11.3 Å². The number of phenolic OH excluding ortho intramolecular Hbond substituents is 1. The molecule has 27 heavy (non-hydrogen) atoms. The maximum absolute atomic E-state index is 11.9. The van der Waals surface area contributed by atoms with Crippen molar-refractivity contribution in [3.8, 4) is 17.1 Å². The number of para-hydroxylation sites is 1. The Morgan fingerprint density at radius 1 is 1.26 bits per heavy atom. The number of aromatic hydroxyl groups is 1. The molecule has 0 saturated carbocycles. The SMILES string of the molecule is O=C(Cn1nnc(-c2ccccc2)n1)N/N=C/c1cccc([N+](=O)[O-])c1O. The van der Waals surface area contributed by atoms with Crippen LogP contribution in [0, 0.1) is 10.1 Å². The zero-order chi connectivity index (χ0) is 19.2. The number of amides is 1. The van der Waals surface area contributed by atoms with Crippen LogP contribution < -0.4 is 5.43 Å². The van der Waals surface area contributed by atoms with Crippen LogP contribution >= 0.6 is 0 Å². The molecule has 0 atom stereocenters. The van der Waals surface area contributed by atoms with E-state index in [0.29, 0.717) is 5.82 Å². The number of hydrogen-bond donors (Lipinski definition) is 2. The minimum absolute atomic E-state index is 0.0924. The molecule has 2 aromatic carbocycles. The molecule has 11 nitrogen and oxygen atoms in total. The quantitative estimate of drug-likeness (QED) is 0.376. The maximum Gasteiger partial charge on any atom is 0.311 e. The number of hydrazone groups is 1. The van der Waals surface area contributed by atoms with E-state index < -0.39 is 22.3 Å². The van der Waals surface area contributed by atoms with Crippen LogP contribution in [0.4, 0.5) is 5.69 Å². The molecule has 0 bridgehead atoms. The molecule has 136 valence electrons. The summed E-state index contributed by atoms with van der Waals surface area (Å²) in [5.74, 6) is -0.687. The molecule has 2 N–H and O–H groups in total. The second-order valence-electron chi connectivity index (χ2n) is 5.27. The van der Waals surface area contributed by atoms with Crippen molar-refractivity contribution in [2.45, 2.75) is 6.54 Å². The highest BCUT2D eigenvalue weighted by atomic mass is 16.6. The topological polar surface area (TPSA) is 148 Å². The average molecular weight is 367 g/mol. The second-order valence-corrected chi connectivity index (χ2v) is 5.27. The highest BCUT2D eigenvalue weighted by molar-refractivity contribution is 5.86. The van der Waals surface area contributed by atoms with Gasteiger partial charge in [0.1, 0.15) is 6.54 Å². The van der Waals surface area contributed by atoms with Gasteiger partial charge in [-0.2, -0.15) is 9.90 Å². The van der Waals surface area contributed by atoms with Crippen molar-refractivity contribution in [1.29, 1.82) is 0 Å². The molecule has 1 aromatic heterocycles. The summed E-state index contributed by atoms with van der Waals surface area (Å²) in [7, 11) is 0. The summed E-state index contributed by atoms with van der Waals surface area (Å²) >= 11 is 0. The number of carbonyl (C=O) groups is 1. The maximum atomic E-state index is 11.9. The number of phenols is 1.